The zero-order chi connectivity index (χ0) is 18.6. The second-order valence-electron chi connectivity index (χ2n) is 7.34. The highest BCUT2D eigenvalue weighted by atomic mass is 19.1. The van der Waals surface area contributed by atoms with Crippen LogP contribution in [0.5, 0.6) is 0 Å². The monoisotopic (exact) mass is 366 g/mol. The van der Waals surface area contributed by atoms with E-state index in [1.54, 1.807) is 18.3 Å². The fourth-order valence-corrected chi connectivity index (χ4v) is 3.78. The van der Waals surface area contributed by atoms with Crippen molar-refractivity contribution in [3.8, 4) is 0 Å². The lowest BCUT2D eigenvalue weighted by atomic mass is 9.98. The number of fused-ring (bicyclic) bond motifs is 1. The summed E-state index contributed by atoms with van der Waals surface area (Å²) in [5.74, 6) is 0.599. The maximum absolute atomic E-state index is 13.1. The number of aromatic nitrogens is 1. The van der Waals surface area contributed by atoms with Gasteiger partial charge in [-0.05, 0) is 61.1 Å². The first-order valence-corrected chi connectivity index (χ1v) is 9.57. The fourth-order valence-electron chi connectivity index (χ4n) is 3.78. The molecule has 140 valence electrons. The normalized spacial score (nSPS) is 18.4. The molecule has 0 saturated carbocycles. The Kier molecular flexibility index (Phi) is 5.39. The topological polar surface area (TPSA) is 51.5 Å². The molecule has 1 aromatic heterocycles. The maximum atomic E-state index is 13.1. The number of Topliss-reactive ketones (excluding diaryl/α,β-unsaturated/α-hetero) is 1. The molecule has 2 aromatic rings. The third-order valence-corrected chi connectivity index (χ3v) is 5.30. The summed E-state index contributed by atoms with van der Waals surface area (Å²) in [6, 6.07) is 8.33. The largest absolute Gasteiger partial charge is 0.381 e. The molecule has 5 heteroatoms. The molecule has 1 atom stereocenters. The molecule has 1 saturated heterocycles. The zero-order valence-electron chi connectivity index (χ0n) is 15.3. The van der Waals surface area contributed by atoms with E-state index in [9.17, 15) is 9.18 Å². The number of benzene rings is 1. The number of carbonyl (C=O) groups excluding carboxylic acids is 1. The van der Waals surface area contributed by atoms with E-state index in [-0.39, 0.29) is 11.6 Å². The third kappa shape index (κ3) is 4.30. The van der Waals surface area contributed by atoms with Crippen molar-refractivity contribution in [1.29, 1.82) is 0 Å². The average Bonchev–Trinajstić information content (AvgIpc) is 3.32. The summed E-state index contributed by atoms with van der Waals surface area (Å²) < 4.78 is 18.5. The van der Waals surface area contributed by atoms with E-state index < -0.39 is 0 Å². The average molecular weight is 366 g/mol. The number of nitrogens with zero attached hydrogens (tertiary/aromatic N) is 2. The van der Waals surface area contributed by atoms with Gasteiger partial charge in [0.2, 0.25) is 0 Å². The number of carbonyl (C=O) groups is 1. The molecule has 27 heavy (non-hydrogen) atoms. The van der Waals surface area contributed by atoms with Gasteiger partial charge in [-0.1, -0.05) is 0 Å². The van der Waals surface area contributed by atoms with Crippen molar-refractivity contribution in [3.63, 3.8) is 0 Å². The summed E-state index contributed by atoms with van der Waals surface area (Å²) >= 11 is 0. The lowest BCUT2D eigenvalue weighted by molar-refractivity contribution is -0.118. The highest BCUT2D eigenvalue weighted by Gasteiger charge is 2.20. The SMILES string of the molecule is O=C(CCCC1CCOC1)Cc1cc2c(cn1)C(c1ccc(F)cc1)=NC2. The Balaban J connectivity index is 1.35. The molecule has 4 nitrogen and oxygen atoms in total. The molecule has 0 amide bonds. The predicted molar refractivity (Wildman–Crippen MR) is 101 cm³/mol. The van der Waals surface area contributed by atoms with Crippen LogP contribution in [-0.4, -0.2) is 29.7 Å². The summed E-state index contributed by atoms with van der Waals surface area (Å²) in [5, 5.41) is 0. The Morgan fingerprint density at radius 3 is 2.89 bits per heavy atom. The fraction of sp³-hybridized carbons (Fsp3) is 0.409. The molecule has 1 fully saturated rings. The molecule has 0 aliphatic carbocycles. The smallest absolute Gasteiger partial charge is 0.138 e. The molecule has 3 heterocycles. The van der Waals surface area contributed by atoms with Crippen LogP contribution in [0.15, 0.2) is 41.5 Å². The Bertz CT molecular complexity index is 855. The summed E-state index contributed by atoms with van der Waals surface area (Å²) in [5.41, 5.74) is 4.58. The minimum absolute atomic E-state index is 0.235. The van der Waals surface area contributed by atoms with E-state index in [1.807, 2.05) is 6.07 Å². The van der Waals surface area contributed by atoms with Crippen LogP contribution < -0.4 is 0 Å². The molecule has 2 aliphatic rings. The Morgan fingerprint density at radius 1 is 1.26 bits per heavy atom. The Labute approximate surface area is 158 Å². The maximum Gasteiger partial charge on any atom is 0.138 e. The summed E-state index contributed by atoms with van der Waals surface area (Å²) in [6.07, 6.45) is 5.89. The molecule has 0 bridgehead atoms. The lowest BCUT2D eigenvalue weighted by Crippen LogP contribution is -2.08. The number of rotatable bonds is 7. The zero-order valence-corrected chi connectivity index (χ0v) is 15.3. The molecule has 1 aromatic carbocycles. The first-order valence-electron chi connectivity index (χ1n) is 9.57. The van der Waals surface area contributed by atoms with Gasteiger partial charge in [-0.25, -0.2) is 4.39 Å². The summed E-state index contributed by atoms with van der Waals surface area (Å²) in [6.45, 7) is 2.28. The van der Waals surface area contributed by atoms with E-state index in [1.165, 1.54) is 12.1 Å². The number of halogens is 1. The number of hydrogen-bond acceptors (Lipinski definition) is 4. The van der Waals surface area contributed by atoms with Gasteiger partial charge in [-0.3, -0.25) is 14.8 Å². The van der Waals surface area contributed by atoms with Gasteiger partial charge in [0.25, 0.3) is 0 Å². The number of hydrogen-bond donors (Lipinski definition) is 0. The molecular formula is C22H23FN2O2. The van der Waals surface area contributed by atoms with Crippen LogP contribution in [0.25, 0.3) is 0 Å². The van der Waals surface area contributed by atoms with Crippen LogP contribution >= 0.6 is 0 Å². The standard InChI is InChI=1S/C22H23FN2O2/c23-18-6-4-16(5-7-18)22-21-13-24-19(10-17(21)12-25-22)11-20(26)3-1-2-15-8-9-27-14-15/h4-7,10,13,15H,1-3,8-9,11-12,14H2. The molecule has 1 unspecified atom stereocenters. The van der Waals surface area contributed by atoms with Crippen LogP contribution in [0.3, 0.4) is 0 Å². The van der Waals surface area contributed by atoms with Crippen LogP contribution in [0.4, 0.5) is 4.39 Å². The number of aliphatic imine (C=N–C) groups is 1. The van der Waals surface area contributed by atoms with Gasteiger partial charge in [0, 0.05) is 49.1 Å². The third-order valence-electron chi connectivity index (χ3n) is 5.30. The van der Waals surface area contributed by atoms with E-state index in [0.717, 1.165) is 60.6 Å². The van der Waals surface area contributed by atoms with Gasteiger partial charge >= 0.3 is 0 Å². The minimum Gasteiger partial charge on any atom is -0.381 e. The van der Waals surface area contributed by atoms with Gasteiger partial charge < -0.3 is 4.74 Å². The highest BCUT2D eigenvalue weighted by Crippen LogP contribution is 2.24. The van der Waals surface area contributed by atoms with E-state index >= 15 is 0 Å². The van der Waals surface area contributed by atoms with Crippen molar-refractivity contribution >= 4 is 11.5 Å². The van der Waals surface area contributed by atoms with E-state index in [2.05, 4.69) is 9.98 Å². The second kappa shape index (κ2) is 8.09. The lowest BCUT2D eigenvalue weighted by Gasteiger charge is -2.08. The number of ketones is 1. The van der Waals surface area contributed by atoms with Crippen molar-refractivity contribution in [2.45, 2.75) is 38.6 Å². The van der Waals surface area contributed by atoms with Gasteiger partial charge in [0.05, 0.1) is 12.3 Å². The van der Waals surface area contributed by atoms with Crippen LogP contribution in [0.1, 0.15) is 48.1 Å². The molecular weight excluding hydrogens is 343 g/mol. The van der Waals surface area contributed by atoms with Crippen molar-refractivity contribution in [3.05, 3.63) is 64.7 Å². The van der Waals surface area contributed by atoms with Crippen molar-refractivity contribution < 1.29 is 13.9 Å². The molecule has 0 N–H and O–H groups in total. The van der Waals surface area contributed by atoms with Crippen LogP contribution in [0.2, 0.25) is 0 Å². The van der Waals surface area contributed by atoms with Crippen molar-refractivity contribution in [2.75, 3.05) is 13.2 Å². The Hall–Kier alpha value is -2.40. The predicted octanol–water partition coefficient (Wildman–Crippen LogP) is 3.89. The number of ether oxygens (including phenoxy) is 1. The molecule has 4 rings (SSSR count). The minimum atomic E-state index is -0.259. The van der Waals surface area contributed by atoms with Gasteiger partial charge in [0.15, 0.2) is 0 Å². The van der Waals surface area contributed by atoms with Crippen LogP contribution in [-0.2, 0) is 22.5 Å². The second-order valence-corrected chi connectivity index (χ2v) is 7.34. The summed E-state index contributed by atoms with van der Waals surface area (Å²) in [7, 11) is 0. The van der Waals surface area contributed by atoms with Crippen molar-refractivity contribution in [2.24, 2.45) is 10.9 Å². The summed E-state index contributed by atoms with van der Waals surface area (Å²) in [4.78, 5) is 21.3. The first-order chi connectivity index (χ1) is 13.2. The van der Waals surface area contributed by atoms with Gasteiger partial charge in [-0.15, -0.1) is 0 Å². The molecule has 0 spiro atoms. The van der Waals surface area contributed by atoms with Gasteiger partial charge in [-0.2, -0.15) is 0 Å². The van der Waals surface area contributed by atoms with Gasteiger partial charge in [0.1, 0.15) is 11.6 Å². The number of pyridine rings is 1. The van der Waals surface area contributed by atoms with Crippen LogP contribution in [0, 0.1) is 11.7 Å². The molecule has 0 radical (unpaired) electrons. The highest BCUT2D eigenvalue weighted by molar-refractivity contribution is 6.14. The van der Waals surface area contributed by atoms with E-state index in [0.29, 0.717) is 25.3 Å². The van der Waals surface area contributed by atoms with E-state index in [4.69, 9.17) is 4.74 Å². The van der Waals surface area contributed by atoms with Crippen molar-refractivity contribution in [1.82, 2.24) is 4.98 Å². The Morgan fingerprint density at radius 2 is 2.11 bits per heavy atom. The molecule has 2 aliphatic heterocycles. The quantitative estimate of drug-likeness (QED) is 0.747. The first kappa shape index (κ1) is 18.0.